The minimum Gasteiger partial charge on any atom is -0.343 e. The second-order valence-corrected chi connectivity index (χ2v) is 6.23. The number of unbranched alkanes of at least 4 members (excludes halogenated alkanes) is 6. The quantitative estimate of drug-likeness (QED) is 0.183. The van der Waals surface area contributed by atoms with Gasteiger partial charge in [-0.1, -0.05) is 52.4 Å². The Morgan fingerprint density at radius 1 is 1.08 bits per heavy atom. The molecular formula is C16H34N2O4PdS. The van der Waals surface area contributed by atoms with Crippen LogP contribution in [0.3, 0.4) is 0 Å². The van der Waals surface area contributed by atoms with Crippen LogP contribution in [0.1, 0.15) is 71.0 Å². The summed E-state index contributed by atoms with van der Waals surface area (Å²) in [5, 5.41) is 0. The first-order valence-electron chi connectivity index (χ1n) is 8.27. The summed E-state index contributed by atoms with van der Waals surface area (Å²) in [6.45, 7) is 8.23. The summed E-state index contributed by atoms with van der Waals surface area (Å²) in [5.41, 5.74) is 0. The van der Waals surface area contributed by atoms with Gasteiger partial charge in [-0.25, -0.2) is 9.55 Å². The fourth-order valence-corrected chi connectivity index (χ4v) is 1.81. The second-order valence-electron chi connectivity index (χ2n) is 5.34. The Kier molecular flexibility index (Phi) is 22.7. The van der Waals surface area contributed by atoms with E-state index in [4.69, 9.17) is 17.5 Å². The van der Waals surface area contributed by atoms with Gasteiger partial charge >= 0.3 is 10.4 Å². The molecule has 24 heavy (non-hydrogen) atoms. The zero-order chi connectivity index (χ0) is 18.1. The Bertz CT molecular complexity index is 450. The SMILES string of the molecule is CCCCc1[nH]cc[n+]1C.O=S(=O)(O)O.[CH2-]CCCCCCC.[Pd]. The van der Waals surface area contributed by atoms with Crippen molar-refractivity contribution in [3.63, 3.8) is 0 Å². The minimum atomic E-state index is -4.67. The average Bonchev–Trinajstić information content (AvgIpc) is 2.86. The van der Waals surface area contributed by atoms with E-state index in [0.717, 1.165) is 6.42 Å². The summed E-state index contributed by atoms with van der Waals surface area (Å²) < 4.78 is 33.7. The molecule has 0 spiro atoms. The molecule has 8 heteroatoms. The number of rotatable bonds is 8. The van der Waals surface area contributed by atoms with Crippen molar-refractivity contribution in [2.45, 2.75) is 71.6 Å². The molecule has 0 bridgehead atoms. The fraction of sp³-hybridized carbons (Fsp3) is 0.750. The first-order chi connectivity index (χ1) is 10.8. The van der Waals surface area contributed by atoms with E-state index in [1.54, 1.807) is 0 Å². The van der Waals surface area contributed by atoms with E-state index in [9.17, 15) is 0 Å². The monoisotopic (exact) mass is 456 g/mol. The van der Waals surface area contributed by atoms with Crippen LogP contribution in [-0.4, -0.2) is 22.5 Å². The molecule has 0 aliphatic rings. The van der Waals surface area contributed by atoms with Gasteiger partial charge in [0.25, 0.3) is 5.82 Å². The van der Waals surface area contributed by atoms with Gasteiger partial charge in [-0.3, -0.25) is 9.11 Å². The molecule has 0 aromatic carbocycles. The molecule has 0 unspecified atom stereocenters. The van der Waals surface area contributed by atoms with Gasteiger partial charge in [0.05, 0.1) is 7.05 Å². The third-order valence-corrected chi connectivity index (χ3v) is 3.09. The van der Waals surface area contributed by atoms with Crippen LogP contribution in [-0.2, 0) is 44.3 Å². The standard InChI is InChI=1S/C8H14N2.C8H17.H2O4S.Pd/c1-3-4-5-8-9-6-7-10(8)2;1-3-5-7-8-6-4-2;1-5(2,3)4;/h6-7H,3-5H2,1-2H3;1,3-8H2,2H3;(H2,1,2,3,4);/q;-1;;/p+1. The Hall–Kier alpha value is -0.258. The summed E-state index contributed by atoms with van der Waals surface area (Å²) in [6.07, 6.45) is 15.7. The number of H-pyrrole nitrogens is 1. The third-order valence-electron chi connectivity index (χ3n) is 3.09. The molecule has 0 saturated carbocycles. The molecule has 0 radical (unpaired) electrons. The molecule has 1 aromatic rings. The molecule has 1 heterocycles. The maximum absolute atomic E-state index is 8.74. The molecule has 1 rings (SSSR count). The van der Waals surface area contributed by atoms with Crippen molar-refractivity contribution in [3.8, 4) is 0 Å². The van der Waals surface area contributed by atoms with Crippen LogP contribution in [0, 0.1) is 6.92 Å². The first kappa shape index (κ1) is 28.5. The third kappa shape index (κ3) is 26.6. The minimum absolute atomic E-state index is 0. The Balaban J connectivity index is -0.000000286. The number of nitrogens with one attached hydrogen (secondary N) is 1. The van der Waals surface area contributed by atoms with Gasteiger partial charge in [0.15, 0.2) is 0 Å². The van der Waals surface area contributed by atoms with E-state index < -0.39 is 10.4 Å². The van der Waals surface area contributed by atoms with Crippen LogP contribution in [0.5, 0.6) is 0 Å². The van der Waals surface area contributed by atoms with E-state index >= 15 is 0 Å². The Morgan fingerprint density at radius 3 is 1.96 bits per heavy atom. The molecule has 0 amide bonds. The van der Waals surface area contributed by atoms with Crippen LogP contribution in [0.2, 0.25) is 0 Å². The molecular weight excluding hydrogens is 423 g/mol. The van der Waals surface area contributed by atoms with Gasteiger partial charge in [-0.05, 0) is 6.42 Å². The molecule has 6 nitrogen and oxygen atoms in total. The zero-order valence-electron chi connectivity index (χ0n) is 15.1. The number of hydrogen-bond donors (Lipinski definition) is 3. The smallest absolute Gasteiger partial charge is 0.343 e. The molecule has 0 atom stereocenters. The molecule has 0 aliphatic carbocycles. The number of hydrogen-bond acceptors (Lipinski definition) is 2. The molecule has 3 N–H and O–H groups in total. The van der Waals surface area contributed by atoms with Crippen molar-refractivity contribution < 1.29 is 42.5 Å². The van der Waals surface area contributed by atoms with Crippen LogP contribution in [0.15, 0.2) is 12.4 Å². The van der Waals surface area contributed by atoms with Crippen molar-refractivity contribution in [3.05, 3.63) is 25.1 Å². The van der Waals surface area contributed by atoms with E-state index in [-0.39, 0.29) is 20.4 Å². The van der Waals surface area contributed by atoms with Gasteiger partial charge < -0.3 is 6.92 Å². The van der Waals surface area contributed by atoms with Crippen LogP contribution < -0.4 is 4.57 Å². The van der Waals surface area contributed by atoms with E-state index in [1.165, 1.54) is 57.2 Å². The maximum atomic E-state index is 8.74. The van der Waals surface area contributed by atoms with Crippen LogP contribution >= 0.6 is 0 Å². The van der Waals surface area contributed by atoms with Crippen molar-refractivity contribution in [1.82, 2.24) is 4.98 Å². The average molecular weight is 457 g/mol. The number of aryl methyl sites for hydroxylation is 2. The molecule has 0 aliphatic heterocycles. The van der Waals surface area contributed by atoms with Gasteiger partial charge in [-0.15, -0.1) is 0 Å². The van der Waals surface area contributed by atoms with Gasteiger partial charge in [-0.2, -0.15) is 14.8 Å². The van der Waals surface area contributed by atoms with E-state index in [2.05, 4.69) is 37.4 Å². The van der Waals surface area contributed by atoms with E-state index in [0.29, 0.717) is 0 Å². The predicted octanol–water partition coefficient (Wildman–Crippen LogP) is 3.71. The largest absolute Gasteiger partial charge is 0.394 e. The van der Waals surface area contributed by atoms with Crippen molar-refractivity contribution in [1.29, 1.82) is 0 Å². The van der Waals surface area contributed by atoms with Crippen molar-refractivity contribution in [2.24, 2.45) is 7.05 Å². The topological polar surface area (TPSA) is 94.3 Å². The fourth-order valence-electron chi connectivity index (χ4n) is 1.81. The van der Waals surface area contributed by atoms with Gasteiger partial charge in [0, 0.05) is 26.8 Å². The summed E-state index contributed by atoms with van der Waals surface area (Å²) in [7, 11) is -2.60. The Labute approximate surface area is 161 Å². The molecule has 148 valence electrons. The second kappa shape index (κ2) is 19.1. The normalized spacial score (nSPS) is 9.92. The van der Waals surface area contributed by atoms with Crippen LogP contribution in [0.4, 0.5) is 0 Å². The summed E-state index contributed by atoms with van der Waals surface area (Å²) in [5.74, 6) is 1.32. The summed E-state index contributed by atoms with van der Waals surface area (Å²) >= 11 is 0. The maximum Gasteiger partial charge on any atom is 0.394 e. The summed E-state index contributed by atoms with van der Waals surface area (Å²) in [4.78, 5) is 3.20. The van der Waals surface area contributed by atoms with Gasteiger partial charge in [0.2, 0.25) is 0 Å². The van der Waals surface area contributed by atoms with Crippen molar-refractivity contribution in [2.75, 3.05) is 0 Å². The Morgan fingerprint density at radius 2 is 1.58 bits per heavy atom. The molecule has 0 fully saturated rings. The van der Waals surface area contributed by atoms with Crippen molar-refractivity contribution >= 4 is 10.4 Å². The predicted molar refractivity (Wildman–Crippen MR) is 93.5 cm³/mol. The number of imidazole rings is 1. The molecule has 1 aromatic heterocycles. The number of nitrogens with zero attached hydrogens (tertiary/aromatic N) is 1. The van der Waals surface area contributed by atoms with Crippen LogP contribution in [0.25, 0.3) is 0 Å². The number of aromatic amines is 1. The first-order valence-corrected chi connectivity index (χ1v) is 9.66. The van der Waals surface area contributed by atoms with Gasteiger partial charge in [0.1, 0.15) is 12.4 Å². The number of aromatic nitrogens is 2. The summed E-state index contributed by atoms with van der Waals surface area (Å²) in [6, 6.07) is 0. The zero-order valence-corrected chi connectivity index (χ0v) is 17.5. The molecule has 0 saturated heterocycles. The van der Waals surface area contributed by atoms with E-state index in [1.807, 2.05) is 12.4 Å².